The van der Waals surface area contributed by atoms with Crippen LogP contribution in [0.15, 0.2) is 47.6 Å². The van der Waals surface area contributed by atoms with Crippen LogP contribution in [0.5, 0.6) is 0 Å². The van der Waals surface area contributed by atoms with Crippen LogP contribution in [-0.2, 0) is 11.3 Å². The summed E-state index contributed by atoms with van der Waals surface area (Å²) in [5.41, 5.74) is 2.05. The Hall–Kier alpha value is -1.61. The second kappa shape index (κ2) is 9.76. The standard InChI is InChI=1S/C18H25N5O.HI/c1-19-18(22(2)13-15-9-11-24-14-15)20-12-16-8-10-23(21-16)17-6-4-3-5-7-17;/h3-8,10,15H,9,11-14H2,1-2H3,(H,19,20);1H. The molecule has 0 spiro atoms. The molecule has 1 saturated heterocycles. The number of aromatic nitrogens is 2. The Labute approximate surface area is 166 Å². The highest BCUT2D eigenvalue weighted by atomic mass is 127. The van der Waals surface area contributed by atoms with Gasteiger partial charge in [0.05, 0.1) is 24.5 Å². The number of ether oxygens (including phenoxy) is 1. The third-order valence-electron chi connectivity index (χ3n) is 4.22. The Kier molecular flexibility index (Phi) is 7.70. The van der Waals surface area contributed by atoms with Gasteiger partial charge in [-0.15, -0.1) is 24.0 Å². The molecule has 6 nitrogen and oxygen atoms in total. The van der Waals surface area contributed by atoms with Crippen LogP contribution in [0.4, 0.5) is 0 Å². The summed E-state index contributed by atoms with van der Waals surface area (Å²) in [5.74, 6) is 1.47. The maximum atomic E-state index is 5.45. The molecule has 1 fully saturated rings. The van der Waals surface area contributed by atoms with Crippen molar-refractivity contribution in [2.45, 2.75) is 13.0 Å². The molecule has 136 valence electrons. The van der Waals surface area contributed by atoms with Crippen LogP contribution in [0.2, 0.25) is 0 Å². The minimum absolute atomic E-state index is 0. The maximum Gasteiger partial charge on any atom is 0.193 e. The number of rotatable bonds is 5. The lowest BCUT2D eigenvalue weighted by Crippen LogP contribution is -2.41. The Morgan fingerprint density at radius 1 is 1.36 bits per heavy atom. The van der Waals surface area contributed by atoms with E-state index in [0.717, 1.165) is 43.5 Å². The fourth-order valence-electron chi connectivity index (χ4n) is 2.94. The molecule has 1 aromatic carbocycles. The third-order valence-corrected chi connectivity index (χ3v) is 4.22. The summed E-state index contributed by atoms with van der Waals surface area (Å²) in [5, 5.41) is 7.99. The number of nitrogens with zero attached hydrogens (tertiary/aromatic N) is 4. The maximum absolute atomic E-state index is 5.45. The van der Waals surface area contributed by atoms with Gasteiger partial charge in [-0.05, 0) is 24.6 Å². The summed E-state index contributed by atoms with van der Waals surface area (Å²) in [6.07, 6.45) is 3.11. The van der Waals surface area contributed by atoms with Crippen LogP contribution in [0.3, 0.4) is 0 Å². The summed E-state index contributed by atoms with van der Waals surface area (Å²) in [7, 11) is 3.88. The van der Waals surface area contributed by atoms with Crippen molar-refractivity contribution >= 4 is 29.9 Å². The van der Waals surface area contributed by atoms with E-state index in [1.807, 2.05) is 54.3 Å². The first-order valence-electron chi connectivity index (χ1n) is 8.36. The summed E-state index contributed by atoms with van der Waals surface area (Å²) in [4.78, 5) is 6.53. The van der Waals surface area contributed by atoms with Crippen molar-refractivity contribution in [2.75, 3.05) is 33.9 Å². The molecule has 0 radical (unpaired) electrons. The van der Waals surface area contributed by atoms with E-state index in [2.05, 4.69) is 27.4 Å². The van der Waals surface area contributed by atoms with E-state index in [-0.39, 0.29) is 24.0 Å². The third kappa shape index (κ3) is 5.43. The number of aliphatic imine (C=N–C) groups is 1. The van der Waals surface area contributed by atoms with Gasteiger partial charge in [0.2, 0.25) is 0 Å². The zero-order valence-corrected chi connectivity index (χ0v) is 17.1. The average molecular weight is 455 g/mol. The van der Waals surface area contributed by atoms with E-state index < -0.39 is 0 Å². The summed E-state index contributed by atoms with van der Waals surface area (Å²) < 4.78 is 7.33. The van der Waals surface area contributed by atoms with E-state index >= 15 is 0 Å². The fourth-order valence-corrected chi connectivity index (χ4v) is 2.94. The molecule has 1 atom stereocenters. The number of hydrogen-bond acceptors (Lipinski definition) is 3. The van der Waals surface area contributed by atoms with E-state index in [1.54, 1.807) is 0 Å². The Bertz CT molecular complexity index is 667. The first-order chi connectivity index (χ1) is 11.8. The van der Waals surface area contributed by atoms with Crippen LogP contribution in [0.1, 0.15) is 12.1 Å². The molecule has 25 heavy (non-hydrogen) atoms. The van der Waals surface area contributed by atoms with Crippen LogP contribution in [0, 0.1) is 5.92 Å². The molecule has 1 aliphatic rings. The Morgan fingerprint density at radius 3 is 2.84 bits per heavy atom. The zero-order chi connectivity index (χ0) is 16.8. The minimum atomic E-state index is 0. The summed E-state index contributed by atoms with van der Waals surface area (Å²) in [6, 6.07) is 12.1. The highest BCUT2D eigenvalue weighted by molar-refractivity contribution is 14.0. The summed E-state index contributed by atoms with van der Waals surface area (Å²) in [6.45, 7) is 3.33. The molecule has 1 aliphatic heterocycles. The molecule has 0 bridgehead atoms. The van der Waals surface area contributed by atoms with E-state index in [4.69, 9.17) is 4.74 Å². The van der Waals surface area contributed by atoms with E-state index in [1.165, 1.54) is 0 Å². The number of benzene rings is 1. The van der Waals surface area contributed by atoms with Crippen molar-refractivity contribution in [2.24, 2.45) is 10.9 Å². The first kappa shape index (κ1) is 19.7. The molecular formula is C18H26IN5O. The number of guanidine groups is 1. The van der Waals surface area contributed by atoms with Gasteiger partial charge in [0, 0.05) is 39.4 Å². The van der Waals surface area contributed by atoms with Crippen molar-refractivity contribution < 1.29 is 4.74 Å². The topological polar surface area (TPSA) is 54.7 Å². The van der Waals surface area contributed by atoms with Crippen molar-refractivity contribution in [3.63, 3.8) is 0 Å². The second-order valence-electron chi connectivity index (χ2n) is 6.10. The predicted octanol–water partition coefficient (Wildman–Crippen LogP) is 2.53. The molecule has 7 heteroatoms. The van der Waals surface area contributed by atoms with Gasteiger partial charge in [-0.2, -0.15) is 5.10 Å². The van der Waals surface area contributed by atoms with Crippen molar-refractivity contribution in [3.8, 4) is 5.69 Å². The summed E-state index contributed by atoms with van der Waals surface area (Å²) >= 11 is 0. The van der Waals surface area contributed by atoms with Crippen molar-refractivity contribution in [3.05, 3.63) is 48.3 Å². The lowest BCUT2D eigenvalue weighted by atomic mass is 10.1. The monoisotopic (exact) mass is 455 g/mol. The average Bonchev–Trinajstić information content (AvgIpc) is 3.28. The SMILES string of the molecule is CN=C(NCc1ccn(-c2ccccc2)n1)N(C)CC1CCOC1.I. The minimum Gasteiger partial charge on any atom is -0.381 e. The van der Waals surface area contributed by atoms with Crippen LogP contribution in [0.25, 0.3) is 5.69 Å². The second-order valence-corrected chi connectivity index (χ2v) is 6.10. The molecule has 2 heterocycles. The van der Waals surface area contributed by atoms with Gasteiger partial charge in [0.15, 0.2) is 5.96 Å². The van der Waals surface area contributed by atoms with Crippen LogP contribution in [-0.4, -0.2) is 54.5 Å². The highest BCUT2D eigenvalue weighted by Crippen LogP contribution is 2.13. The fraction of sp³-hybridized carbons (Fsp3) is 0.444. The molecule has 3 rings (SSSR count). The molecule has 0 saturated carbocycles. The number of hydrogen-bond donors (Lipinski definition) is 1. The normalized spacial score (nSPS) is 17.2. The van der Waals surface area contributed by atoms with Gasteiger partial charge in [-0.25, -0.2) is 4.68 Å². The van der Waals surface area contributed by atoms with Crippen molar-refractivity contribution in [1.82, 2.24) is 20.0 Å². The number of halogens is 1. The Morgan fingerprint density at radius 2 is 2.16 bits per heavy atom. The van der Waals surface area contributed by atoms with Gasteiger partial charge in [-0.1, -0.05) is 18.2 Å². The molecule has 0 amide bonds. The van der Waals surface area contributed by atoms with Crippen molar-refractivity contribution in [1.29, 1.82) is 0 Å². The first-order valence-corrected chi connectivity index (χ1v) is 8.36. The quantitative estimate of drug-likeness (QED) is 0.428. The van der Waals surface area contributed by atoms with Gasteiger partial charge >= 0.3 is 0 Å². The lowest BCUT2D eigenvalue weighted by molar-refractivity contribution is 0.181. The van der Waals surface area contributed by atoms with Crippen LogP contribution < -0.4 is 5.32 Å². The molecule has 1 N–H and O–H groups in total. The molecule has 1 unspecified atom stereocenters. The zero-order valence-electron chi connectivity index (χ0n) is 14.8. The van der Waals surface area contributed by atoms with E-state index in [9.17, 15) is 0 Å². The van der Waals surface area contributed by atoms with Gasteiger partial charge in [0.1, 0.15) is 0 Å². The van der Waals surface area contributed by atoms with Crippen LogP contribution >= 0.6 is 24.0 Å². The smallest absolute Gasteiger partial charge is 0.193 e. The Balaban J connectivity index is 0.00000225. The van der Waals surface area contributed by atoms with Gasteiger partial charge in [0.25, 0.3) is 0 Å². The highest BCUT2D eigenvalue weighted by Gasteiger charge is 2.19. The number of nitrogens with one attached hydrogen (secondary N) is 1. The molecule has 1 aromatic heterocycles. The predicted molar refractivity (Wildman–Crippen MR) is 111 cm³/mol. The molecule has 0 aliphatic carbocycles. The molecular weight excluding hydrogens is 429 g/mol. The van der Waals surface area contributed by atoms with Gasteiger partial charge < -0.3 is 15.0 Å². The molecule has 2 aromatic rings. The lowest BCUT2D eigenvalue weighted by Gasteiger charge is -2.24. The number of para-hydroxylation sites is 1. The van der Waals surface area contributed by atoms with E-state index in [0.29, 0.717) is 12.5 Å². The largest absolute Gasteiger partial charge is 0.381 e. The van der Waals surface area contributed by atoms with Gasteiger partial charge in [-0.3, -0.25) is 4.99 Å².